The molecular formula is C67H113NO8. The van der Waals surface area contributed by atoms with E-state index in [1.165, 1.54) is 109 Å². The summed E-state index contributed by atoms with van der Waals surface area (Å²) in [6.45, 7) is 3.66. The van der Waals surface area contributed by atoms with E-state index in [1.807, 2.05) is 6.08 Å². The molecule has 1 aliphatic heterocycles. The number of amides is 1. The standard InChI is InChI=1S/C67H113NO8/c1-3-5-7-9-11-13-15-17-19-21-22-23-24-25-26-27-28-29-30-31-32-33-34-35-36-37-38-39-40-41-43-45-47-49-51-53-55-57-63(71)68-60(59-75-67-66(74)65(73)64(72)62(58-69)76-67)61(70)56-54-52-50-48-46-44-42-20-18-16-14-12-10-8-6-4-2/h5,7,11,13,17,19,22-23,25-26,28-29,31-32,34-35,37-38,54,56,60-62,64-67,69-70,72-74H,3-4,6,8-10,12,14-16,18,20-21,24,27,30,33,36,39-53,55,57-59H2,1-2H3,(H,68,71)/b7-5-,13-11-,19-17-,23-22-,26-25-,29-28-,32-31-,35-34-,38-37-,56-54+. The molecule has 0 spiro atoms. The third-order valence-corrected chi connectivity index (χ3v) is 13.8. The van der Waals surface area contributed by atoms with Gasteiger partial charge in [0.15, 0.2) is 6.29 Å². The zero-order chi connectivity index (χ0) is 55.0. The van der Waals surface area contributed by atoms with E-state index in [0.717, 1.165) is 109 Å². The third-order valence-electron chi connectivity index (χ3n) is 13.8. The number of nitrogens with one attached hydrogen (secondary N) is 1. The van der Waals surface area contributed by atoms with Crippen molar-refractivity contribution >= 4 is 5.91 Å². The van der Waals surface area contributed by atoms with Crippen LogP contribution >= 0.6 is 0 Å². The molecule has 0 bridgehead atoms. The van der Waals surface area contributed by atoms with Gasteiger partial charge in [-0.2, -0.15) is 0 Å². The maximum absolute atomic E-state index is 13.1. The highest BCUT2D eigenvalue weighted by Gasteiger charge is 2.44. The van der Waals surface area contributed by atoms with Gasteiger partial charge in [-0.15, -0.1) is 0 Å². The van der Waals surface area contributed by atoms with Gasteiger partial charge in [-0.25, -0.2) is 0 Å². The maximum Gasteiger partial charge on any atom is 0.220 e. The summed E-state index contributed by atoms with van der Waals surface area (Å²) >= 11 is 0. The Kier molecular flexibility index (Phi) is 51.0. The fourth-order valence-corrected chi connectivity index (χ4v) is 8.97. The smallest absolute Gasteiger partial charge is 0.220 e. The fraction of sp³-hybridized carbons (Fsp3) is 0.687. The zero-order valence-corrected chi connectivity index (χ0v) is 48.2. The first-order chi connectivity index (χ1) is 37.3. The van der Waals surface area contributed by atoms with Crippen LogP contribution in [-0.2, 0) is 14.3 Å². The average molecular weight is 1060 g/mol. The lowest BCUT2D eigenvalue weighted by atomic mass is 9.99. The molecule has 1 aliphatic rings. The molecule has 9 nitrogen and oxygen atoms in total. The van der Waals surface area contributed by atoms with Crippen molar-refractivity contribution in [3.8, 4) is 0 Å². The first kappa shape index (κ1) is 70.6. The Morgan fingerprint density at radius 3 is 1.21 bits per heavy atom. The molecule has 0 radical (unpaired) electrons. The Morgan fingerprint density at radius 1 is 0.461 bits per heavy atom. The van der Waals surface area contributed by atoms with Crippen LogP contribution in [0.15, 0.2) is 122 Å². The van der Waals surface area contributed by atoms with E-state index in [-0.39, 0.29) is 12.5 Å². The Hall–Kier alpha value is -3.41. The second kappa shape index (κ2) is 54.9. The zero-order valence-electron chi connectivity index (χ0n) is 48.2. The monoisotopic (exact) mass is 1060 g/mol. The van der Waals surface area contributed by atoms with Crippen molar-refractivity contribution in [1.29, 1.82) is 0 Å². The molecule has 1 rings (SSSR count). The van der Waals surface area contributed by atoms with Crippen molar-refractivity contribution in [2.45, 2.75) is 281 Å². The van der Waals surface area contributed by atoms with Crippen molar-refractivity contribution in [2.75, 3.05) is 13.2 Å². The van der Waals surface area contributed by atoms with Crippen molar-refractivity contribution < 1.29 is 39.8 Å². The molecule has 0 aliphatic carbocycles. The molecule has 0 aromatic heterocycles. The van der Waals surface area contributed by atoms with Gasteiger partial charge in [0, 0.05) is 6.42 Å². The summed E-state index contributed by atoms with van der Waals surface area (Å²) in [6.07, 6.45) is 75.5. The summed E-state index contributed by atoms with van der Waals surface area (Å²) < 4.78 is 11.3. The van der Waals surface area contributed by atoms with Crippen LogP contribution in [0.25, 0.3) is 0 Å². The summed E-state index contributed by atoms with van der Waals surface area (Å²) in [5.74, 6) is -0.188. The summed E-state index contributed by atoms with van der Waals surface area (Å²) in [6, 6.07) is -0.816. The molecule has 1 saturated heterocycles. The van der Waals surface area contributed by atoms with Crippen LogP contribution in [0.2, 0.25) is 0 Å². The largest absolute Gasteiger partial charge is 0.394 e. The van der Waals surface area contributed by atoms with Crippen LogP contribution < -0.4 is 5.32 Å². The van der Waals surface area contributed by atoms with Crippen LogP contribution in [0.3, 0.4) is 0 Å². The van der Waals surface area contributed by atoms with Gasteiger partial charge >= 0.3 is 0 Å². The molecule has 9 heteroatoms. The van der Waals surface area contributed by atoms with Crippen LogP contribution in [0.1, 0.15) is 239 Å². The molecule has 434 valence electrons. The minimum absolute atomic E-state index is 0.188. The number of carbonyl (C=O) groups excluding carboxylic acids is 1. The first-order valence-electron chi connectivity index (χ1n) is 30.8. The first-order valence-corrected chi connectivity index (χ1v) is 30.8. The molecule has 76 heavy (non-hydrogen) atoms. The normalized spacial score (nSPS) is 19.7. The van der Waals surface area contributed by atoms with Crippen LogP contribution in [0, 0.1) is 0 Å². The Morgan fingerprint density at radius 2 is 0.816 bits per heavy atom. The van der Waals surface area contributed by atoms with E-state index in [1.54, 1.807) is 6.08 Å². The van der Waals surface area contributed by atoms with Crippen molar-refractivity contribution in [3.63, 3.8) is 0 Å². The molecule has 0 aromatic carbocycles. The lowest BCUT2D eigenvalue weighted by Gasteiger charge is -2.40. The number of ether oxygens (including phenoxy) is 2. The second-order valence-corrected chi connectivity index (χ2v) is 20.8. The number of hydrogen-bond donors (Lipinski definition) is 6. The van der Waals surface area contributed by atoms with E-state index in [9.17, 15) is 30.3 Å². The number of aliphatic hydroxyl groups is 5. The van der Waals surface area contributed by atoms with Crippen LogP contribution in [-0.4, -0.2) is 87.5 Å². The van der Waals surface area contributed by atoms with Crippen LogP contribution in [0.4, 0.5) is 0 Å². The van der Waals surface area contributed by atoms with Crippen LogP contribution in [0.5, 0.6) is 0 Å². The molecule has 0 aromatic rings. The molecule has 1 heterocycles. The summed E-state index contributed by atoms with van der Waals surface area (Å²) in [5.41, 5.74) is 0. The average Bonchev–Trinajstić information content (AvgIpc) is 3.42. The van der Waals surface area contributed by atoms with Gasteiger partial charge in [0.1, 0.15) is 24.4 Å². The maximum atomic E-state index is 13.1. The SMILES string of the molecule is CC/C=C\C/C=C\C/C=C\C/C=C\C/C=C\C/C=C\C/C=C\C/C=C\C/C=C\CCCCCCCCCCCC(=O)NC(COC1OC(CO)C(O)C(O)C1O)C(O)/C=C/CCCCCCCCCCCCCCCC. The van der Waals surface area contributed by atoms with Gasteiger partial charge in [0.25, 0.3) is 0 Å². The van der Waals surface area contributed by atoms with E-state index in [4.69, 9.17) is 9.47 Å². The molecule has 7 unspecified atom stereocenters. The minimum Gasteiger partial charge on any atom is -0.394 e. The predicted molar refractivity (Wildman–Crippen MR) is 322 cm³/mol. The van der Waals surface area contributed by atoms with E-state index in [2.05, 4.69) is 129 Å². The molecule has 1 fully saturated rings. The highest BCUT2D eigenvalue weighted by molar-refractivity contribution is 5.76. The Labute approximate surface area is 465 Å². The minimum atomic E-state index is -1.57. The van der Waals surface area contributed by atoms with Gasteiger partial charge in [-0.1, -0.05) is 264 Å². The lowest BCUT2D eigenvalue weighted by Crippen LogP contribution is -2.60. The molecule has 6 N–H and O–H groups in total. The second-order valence-electron chi connectivity index (χ2n) is 20.8. The van der Waals surface area contributed by atoms with Crippen molar-refractivity contribution in [3.05, 3.63) is 122 Å². The number of unbranched alkanes of at least 4 members (excludes halogenated alkanes) is 23. The summed E-state index contributed by atoms with van der Waals surface area (Å²) in [7, 11) is 0. The molecule has 7 atom stereocenters. The number of rotatable bonds is 51. The molecular weight excluding hydrogens is 947 g/mol. The third kappa shape index (κ3) is 43.6. The van der Waals surface area contributed by atoms with Gasteiger partial charge in [0.05, 0.1) is 25.4 Å². The molecule has 1 amide bonds. The number of carbonyl (C=O) groups is 1. The van der Waals surface area contributed by atoms with Gasteiger partial charge in [-0.3, -0.25) is 4.79 Å². The van der Waals surface area contributed by atoms with Gasteiger partial charge in [-0.05, 0) is 89.9 Å². The predicted octanol–water partition coefficient (Wildman–Crippen LogP) is 15.9. The summed E-state index contributed by atoms with van der Waals surface area (Å²) in [5, 5.41) is 54.5. The Balaban J connectivity index is 2.18. The highest BCUT2D eigenvalue weighted by atomic mass is 16.7. The van der Waals surface area contributed by atoms with Crippen molar-refractivity contribution in [2.24, 2.45) is 0 Å². The number of allylic oxidation sites excluding steroid dienone is 19. The van der Waals surface area contributed by atoms with E-state index in [0.29, 0.717) is 6.42 Å². The van der Waals surface area contributed by atoms with Crippen molar-refractivity contribution in [1.82, 2.24) is 5.32 Å². The van der Waals surface area contributed by atoms with Gasteiger partial charge in [0.2, 0.25) is 5.91 Å². The fourth-order valence-electron chi connectivity index (χ4n) is 8.97. The van der Waals surface area contributed by atoms with Gasteiger partial charge < -0.3 is 40.3 Å². The Bertz CT molecular complexity index is 1610. The molecule has 0 saturated carbocycles. The number of aliphatic hydroxyl groups excluding tert-OH is 5. The highest BCUT2D eigenvalue weighted by Crippen LogP contribution is 2.23. The number of hydrogen-bond acceptors (Lipinski definition) is 8. The topological polar surface area (TPSA) is 149 Å². The van der Waals surface area contributed by atoms with E-state index < -0.39 is 49.5 Å². The summed E-state index contributed by atoms with van der Waals surface area (Å²) in [4.78, 5) is 13.1. The quantitative estimate of drug-likeness (QED) is 0.0261. The lowest BCUT2D eigenvalue weighted by molar-refractivity contribution is -0.302. The van der Waals surface area contributed by atoms with E-state index >= 15 is 0 Å².